The molecule has 4 aliphatic rings. The van der Waals surface area contributed by atoms with Crippen molar-refractivity contribution in [1.29, 1.82) is 0 Å². The third-order valence-electron chi connectivity index (χ3n) is 8.28. The molecule has 3 saturated carbocycles. The topological polar surface area (TPSA) is 43.4 Å². The summed E-state index contributed by atoms with van der Waals surface area (Å²) in [6, 6.07) is 0. The predicted octanol–water partition coefficient (Wildman–Crippen LogP) is 3.92. The smallest absolute Gasteiger partial charge is 0.324 e. The van der Waals surface area contributed by atoms with Gasteiger partial charge in [-0.3, -0.25) is 9.59 Å². The first-order valence-electron chi connectivity index (χ1n) is 9.76. The van der Waals surface area contributed by atoms with Gasteiger partial charge in [0, 0.05) is 6.42 Å². The molecular weight excluding hydrogens is 312 g/mol. The average Bonchev–Trinajstić information content (AvgIpc) is 2.93. The SMILES string of the molecule is C#C[C@@]1(C(=O)OC)CCC2C3CCC4=CC(=O)CCC4C3CC[C@@]21C. The van der Waals surface area contributed by atoms with Gasteiger partial charge in [0.2, 0.25) is 0 Å². The fourth-order valence-electron chi connectivity index (χ4n) is 7.03. The van der Waals surface area contributed by atoms with Crippen molar-refractivity contribution >= 4 is 11.8 Å². The van der Waals surface area contributed by atoms with Crippen LogP contribution in [0, 0.1) is 46.8 Å². The number of ketones is 1. The minimum Gasteiger partial charge on any atom is -0.468 e. The Balaban J connectivity index is 1.67. The number of terminal acetylenes is 1. The molecule has 0 saturated heterocycles. The summed E-state index contributed by atoms with van der Waals surface area (Å²) >= 11 is 0. The normalized spacial score (nSPS) is 45.5. The lowest BCUT2D eigenvalue weighted by molar-refractivity contribution is -0.159. The molecule has 4 aliphatic carbocycles. The van der Waals surface area contributed by atoms with E-state index in [0.29, 0.717) is 35.9 Å². The quantitative estimate of drug-likeness (QED) is 0.537. The zero-order valence-electron chi connectivity index (χ0n) is 15.3. The van der Waals surface area contributed by atoms with Gasteiger partial charge in [-0.05, 0) is 80.1 Å². The number of rotatable bonds is 1. The number of allylic oxidation sites excluding steroid dienone is 1. The molecule has 0 aromatic heterocycles. The molecule has 3 nitrogen and oxygen atoms in total. The van der Waals surface area contributed by atoms with Crippen LogP contribution >= 0.6 is 0 Å². The Morgan fingerprint density at radius 3 is 2.72 bits per heavy atom. The molecule has 0 aromatic carbocycles. The average molecular weight is 340 g/mol. The van der Waals surface area contributed by atoms with Crippen LogP contribution in [0.3, 0.4) is 0 Å². The van der Waals surface area contributed by atoms with Gasteiger partial charge in [-0.25, -0.2) is 0 Å². The summed E-state index contributed by atoms with van der Waals surface area (Å²) in [7, 11) is 1.46. The number of ether oxygens (including phenoxy) is 1. The molecule has 0 heterocycles. The van der Waals surface area contributed by atoms with Gasteiger partial charge in [-0.2, -0.15) is 0 Å². The highest BCUT2D eigenvalue weighted by Crippen LogP contribution is 2.67. The van der Waals surface area contributed by atoms with Crippen molar-refractivity contribution in [2.75, 3.05) is 7.11 Å². The van der Waals surface area contributed by atoms with Crippen molar-refractivity contribution in [2.45, 2.75) is 58.3 Å². The number of esters is 1. The second-order valence-electron chi connectivity index (χ2n) is 8.84. The molecule has 134 valence electrons. The van der Waals surface area contributed by atoms with E-state index in [4.69, 9.17) is 11.2 Å². The summed E-state index contributed by atoms with van der Waals surface area (Å²) in [4.78, 5) is 24.4. The number of hydrogen-bond acceptors (Lipinski definition) is 3. The molecule has 25 heavy (non-hydrogen) atoms. The molecule has 3 fully saturated rings. The first-order valence-corrected chi connectivity index (χ1v) is 9.76. The van der Waals surface area contributed by atoms with Crippen LogP contribution < -0.4 is 0 Å². The number of carbonyl (C=O) groups excluding carboxylic acids is 2. The number of hydrogen-bond donors (Lipinski definition) is 0. The Kier molecular flexibility index (Phi) is 3.87. The van der Waals surface area contributed by atoms with Gasteiger partial charge in [0.15, 0.2) is 5.78 Å². The fourth-order valence-corrected chi connectivity index (χ4v) is 7.03. The van der Waals surface area contributed by atoms with Crippen molar-refractivity contribution < 1.29 is 14.3 Å². The number of carbonyl (C=O) groups is 2. The van der Waals surface area contributed by atoms with Crippen molar-refractivity contribution in [1.82, 2.24) is 0 Å². The standard InChI is InChI=1S/C22H28O3/c1-4-22(20(24)25-3)12-10-19-18-7-5-14-13-15(23)6-8-16(14)17(18)9-11-21(19,22)2/h1,13,16-19H,5-12H2,2-3H3/t16?,17?,18?,19?,21-,22-/m0/s1. The zero-order chi connectivity index (χ0) is 17.8. The van der Waals surface area contributed by atoms with Crippen LogP contribution in [0.15, 0.2) is 11.6 Å². The van der Waals surface area contributed by atoms with E-state index in [0.717, 1.165) is 44.9 Å². The van der Waals surface area contributed by atoms with Gasteiger partial charge in [-0.1, -0.05) is 18.4 Å². The van der Waals surface area contributed by atoms with Crippen LogP contribution in [0.1, 0.15) is 58.3 Å². The predicted molar refractivity (Wildman–Crippen MR) is 95.4 cm³/mol. The first kappa shape index (κ1) is 16.9. The van der Waals surface area contributed by atoms with Crippen molar-refractivity contribution in [3.8, 4) is 12.3 Å². The monoisotopic (exact) mass is 340 g/mol. The Morgan fingerprint density at radius 2 is 2.00 bits per heavy atom. The molecule has 0 bridgehead atoms. The van der Waals surface area contributed by atoms with Gasteiger partial charge < -0.3 is 4.74 Å². The molecule has 0 radical (unpaired) electrons. The number of fused-ring (bicyclic) bond motifs is 5. The Hall–Kier alpha value is -1.56. The van der Waals surface area contributed by atoms with Crippen LogP contribution in [0.4, 0.5) is 0 Å². The van der Waals surface area contributed by atoms with Crippen molar-refractivity contribution in [3.63, 3.8) is 0 Å². The Bertz CT molecular complexity index is 684. The van der Waals surface area contributed by atoms with Gasteiger partial charge in [0.1, 0.15) is 5.41 Å². The van der Waals surface area contributed by atoms with Gasteiger partial charge in [-0.15, -0.1) is 6.42 Å². The maximum absolute atomic E-state index is 12.6. The van der Waals surface area contributed by atoms with Crippen LogP contribution in [-0.4, -0.2) is 18.9 Å². The van der Waals surface area contributed by atoms with Crippen LogP contribution in [-0.2, 0) is 14.3 Å². The second-order valence-corrected chi connectivity index (χ2v) is 8.84. The minimum absolute atomic E-state index is 0.151. The summed E-state index contributed by atoms with van der Waals surface area (Å²) in [5, 5.41) is 0. The summed E-state index contributed by atoms with van der Waals surface area (Å²) in [6.45, 7) is 2.24. The van der Waals surface area contributed by atoms with Gasteiger partial charge in [0.05, 0.1) is 7.11 Å². The van der Waals surface area contributed by atoms with E-state index in [2.05, 4.69) is 12.8 Å². The fraction of sp³-hybridized carbons (Fsp3) is 0.727. The lowest BCUT2D eigenvalue weighted by Crippen LogP contribution is -2.52. The maximum atomic E-state index is 12.6. The Morgan fingerprint density at radius 1 is 1.20 bits per heavy atom. The molecule has 0 N–H and O–H groups in total. The van der Waals surface area contributed by atoms with Gasteiger partial charge in [0.25, 0.3) is 0 Å². The van der Waals surface area contributed by atoms with Crippen LogP contribution in [0.25, 0.3) is 0 Å². The highest BCUT2D eigenvalue weighted by atomic mass is 16.5. The zero-order valence-corrected chi connectivity index (χ0v) is 15.3. The lowest BCUT2D eigenvalue weighted by Gasteiger charge is -2.55. The molecule has 0 aromatic rings. The molecule has 0 aliphatic heterocycles. The molecule has 0 amide bonds. The van der Waals surface area contributed by atoms with E-state index in [9.17, 15) is 9.59 Å². The van der Waals surface area contributed by atoms with Crippen LogP contribution in [0.5, 0.6) is 0 Å². The maximum Gasteiger partial charge on any atom is 0.324 e. The summed E-state index contributed by atoms with van der Waals surface area (Å²) in [5.41, 5.74) is 0.493. The summed E-state index contributed by atoms with van der Waals surface area (Å²) in [6.07, 6.45) is 15.7. The minimum atomic E-state index is -0.754. The van der Waals surface area contributed by atoms with Gasteiger partial charge >= 0.3 is 5.97 Å². The molecular formula is C22H28O3. The lowest BCUT2D eigenvalue weighted by atomic mass is 9.49. The van der Waals surface area contributed by atoms with E-state index in [1.54, 1.807) is 0 Å². The summed E-state index contributed by atoms with van der Waals surface area (Å²) < 4.78 is 5.15. The number of methoxy groups -OCH3 is 1. The highest BCUT2D eigenvalue weighted by Gasteiger charge is 2.65. The van der Waals surface area contributed by atoms with Crippen LogP contribution in [0.2, 0.25) is 0 Å². The highest BCUT2D eigenvalue weighted by molar-refractivity contribution is 5.91. The van der Waals surface area contributed by atoms with E-state index < -0.39 is 5.41 Å². The molecule has 4 rings (SSSR count). The molecule has 4 unspecified atom stereocenters. The third kappa shape index (κ3) is 2.12. The molecule has 3 heteroatoms. The van der Waals surface area contributed by atoms with Crippen molar-refractivity contribution in [2.24, 2.45) is 34.5 Å². The Labute approximate surface area is 150 Å². The first-order chi connectivity index (χ1) is 12.0. The second kappa shape index (κ2) is 5.73. The van der Waals surface area contributed by atoms with E-state index >= 15 is 0 Å². The van der Waals surface area contributed by atoms with E-state index in [1.165, 1.54) is 12.7 Å². The summed E-state index contributed by atoms with van der Waals surface area (Å²) in [5.74, 6) is 5.37. The largest absolute Gasteiger partial charge is 0.468 e. The van der Waals surface area contributed by atoms with Crippen molar-refractivity contribution in [3.05, 3.63) is 11.6 Å². The third-order valence-corrected chi connectivity index (χ3v) is 8.28. The molecule has 0 spiro atoms. The van der Waals surface area contributed by atoms with E-state index in [1.807, 2.05) is 6.08 Å². The molecule has 6 atom stereocenters. The van der Waals surface area contributed by atoms with E-state index in [-0.39, 0.29) is 11.4 Å².